The first-order valence-electron chi connectivity index (χ1n) is 8.15. The van der Waals surface area contributed by atoms with Gasteiger partial charge in [-0.1, -0.05) is 36.4 Å². The van der Waals surface area contributed by atoms with Crippen LogP contribution in [-0.4, -0.2) is 40.3 Å². The third-order valence-corrected chi connectivity index (χ3v) is 4.66. The fraction of sp³-hybridized carbons (Fsp3) is 0.211. The summed E-state index contributed by atoms with van der Waals surface area (Å²) in [6, 6.07) is 12.8. The molecule has 1 unspecified atom stereocenters. The lowest BCUT2D eigenvalue weighted by Gasteiger charge is -2.31. The van der Waals surface area contributed by atoms with E-state index in [1.54, 1.807) is 24.3 Å². The Morgan fingerprint density at radius 2 is 1.96 bits per heavy atom. The molecular weight excluding hydrogens is 316 g/mol. The van der Waals surface area contributed by atoms with Crippen LogP contribution in [-0.2, 0) is 11.3 Å². The average molecular weight is 334 g/mol. The van der Waals surface area contributed by atoms with Gasteiger partial charge < -0.3 is 10.2 Å². The standard InChI is InChI=1S/C19H18N4O2/c1-22-15-12-23(11-13-6-5-9-20-10-13)18(24)16(15)17(21-19(22)25)14-7-3-2-4-8-14/h2-10,17H,11-12H2,1H3,(H,21,25). The van der Waals surface area contributed by atoms with Crippen LogP contribution >= 0.6 is 0 Å². The molecule has 6 nitrogen and oxygen atoms in total. The first-order chi connectivity index (χ1) is 12.1. The Labute approximate surface area is 145 Å². The zero-order chi connectivity index (χ0) is 17.4. The summed E-state index contributed by atoms with van der Waals surface area (Å²) in [5.41, 5.74) is 3.30. The first kappa shape index (κ1) is 15.4. The number of nitrogens with one attached hydrogen (secondary N) is 1. The van der Waals surface area contributed by atoms with Crippen molar-refractivity contribution in [3.63, 3.8) is 0 Å². The molecule has 0 fully saturated rings. The predicted molar refractivity (Wildman–Crippen MR) is 92.2 cm³/mol. The van der Waals surface area contributed by atoms with Crippen molar-refractivity contribution in [1.82, 2.24) is 20.1 Å². The number of urea groups is 1. The van der Waals surface area contributed by atoms with E-state index in [2.05, 4.69) is 10.3 Å². The molecule has 3 heterocycles. The van der Waals surface area contributed by atoms with Crippen molar-refractivity contribution >= 4 is 11.9 Å². The molecule has 2 aromatic rings. The van der Waals surface area contributed by atoms with Gasteiger partial charge in [-0.3, -0.25) is 14.7 Å². The number of amides is 3. The van der Waals surface area contributed by atoms with Crippen molar-refractivity contribution in [3.8, 4) is 0 Å². The molecule has 4 rings (SSSR count). The molecule has 2 aliphatic rings. The molecule has 2 aliphatic heterocycles. The molecule has 126 valence electrons. The topological polar surface area (TPSA) is 65.5 Å². The molecule has 0 aliphatic carbocycles. The maximum Gasteiger partial charge on any atom is 0.322 e. The predicted octanol–water partition coefficient (Wildman–Crippen LogP) is 2.07. The maximum absolute atomic E-state index is 13.0. The van der Waals surface area contributed by atoms with Crippen molar-refractivity contribution in [1.29, 1.82) is 0 Å². The molecule has 3 amide bonds. The Balaban J connectivity index is 1.68. The molecule has 1 atom stereocenters. The molecule has 1 N–H and O–H groups in total. The monoisotopic (exact) mass is 334 g/mol. The van der Waals surface area contributed by atoms with Crippen molar-refractivity contribution in [2.24, 2.45) is 0 Å². The highest BCUT2D eigenvalue weighted by Gasteiger charge is 2.42. The number of carbonyl (C=O) groups excluding carboxylic acids is 2. The van der Waals surface area contributed by atoms with E-state index < -0.39 is 6.04 Å². The highest BCUT2D eigenvalue weighted by atomic mass is 16.2. The average Bonchev–Trinajstić information content (AvgIpc) is 2.97. The summed E-state index contributed by atoms with van der Waals surface area (Å²) < 4.78 is 0. The minimum absolute atomic E-state index is 0.0421. The van der Waals surface area contributed by atoms with E-state index in [0.717, 1.165) is 16.8 Å². The normalized spacial score (nSPS) is 20.0. The minimum atomic E-state index is -0.411. The Kier molecular flexibility index (Phi) is 3.72. The zero-order valence-corrected chi connectivity index (χ0v) is 13.8. The van der Waals surface area contributed by atoms with Gasteiger partial charge in [0.25, 0.3) is 5.91 Å². The van der Waals surface area contributed by atoms with Gasteiger partial charge in [0.2, 0.25) is 0 Å². The number of nitrogens with zero attached hydrogens (tertiary/aromatic N) is 3. The number of hydrogen-bond donors (Lipinski definition) is 1. The highest BCUT2D eigenvalue weighted by Crippen LogP contribution is 2.35. The first-order valence-corrected chi connectivity index (χ1v) is 8.15. The second-order valence-corrected chi connectivity index (χ2v) is 6.24. The Hall–Kier alpha value is -3.15. The number of carbonyl (C=O) groups is 2. The van der Waals surface area contributed by atoms with Gasteiger partial charge in [0.05, 0.1) is 23.9 Å². The van der Waals surface area contributed by atoms with Crippen LogP contribution in [0.5, 0.6) is 0 Å². The third-order valence-electron chi connectivity index (χ3n) is 4.66. The summed E-state index contributed by atoms with van der Waals surface area (Å²) >= 11 is 0. The van der Waals surface area contributed by atoms with Gasteiger partial charge in [0.15, 0.2) is 0 Å². The van der Waals surface area contributed by atoms with E-state index in [1.807, 2.05) is 42.5 Å². The minimum Gasteiger partial charge on any atom is -0.329 e. The van der Waals surface area contributed by atoms with Crippen molar-refractivity contribution in [2.75, 3.05) is 13.6 Å². The summed E-state index contributed by atoms with van der Waals surface area (Å²) in [5, 5.41) is 2.94. The molecule has 0 saturated heterocycles. The summed E-state index contributed by atoms with van der Waals surface area (Å²) in [7, 11) is 1.70. The smallest absolute Gasteiger partial charge is 0.322 e. The van der Waals surface area contributed by atoms with Gasteiger partial charge in [-0.15, -0.1) is 0 Å². The van der Waals surface area contributed by atoms with E-state index in [9.17, 15) is 9.59 Å². The van der Waals surface area contributed by atoms with E-state index in [1.165, 1.54) is 4.90 Å². The molecule has 0 saturated carbocycles. The van der Waals surface area contributed by atoms with Crippen LogP contribution in [0.2, 0.25) is 0 Å². The fourth-order valence-electron chi connectivity index (χ4n) is 3.36. The lowest BCUT2D eigenvalue weighted by Crippen LogP contribution is -2.45. The summed E-state index contributed by atoms with van der Waals surface area (Å²) in [5.74, 6) is -0.0421. The van der Waals surface area contributed by atoms with Gasteiger partial charge >= 0.3 is 6.03 Å². The van der Waals surface area contributed by atoms with E-state index in [-0.39, 0.29) is 11.9 Å². The molecular formula is C19H18N4O2. The van der Waals surface area contributed by atoms with Gasteiger partial charge in [0, 0.05) is 26.0 Å². The van der Waals surface area contributed by atoms with Gasteiger partial charge in [0.1, 0.15) is 0 Å². The molecule has 0 radical (unpaired) electrons. The molecule has 1 aromatic carbocycles. The Morgan fingerprint density at radius 1 is 1.16 bits per heavy atom. The van der Waals surface area contributed by atoms with E-state index in [4.69, 9.17) is 0 Å². The van der Waals surface area contributed by atoms with E-state index >= 15 is 0 Å². The largest absolute Gasteiger partial charge is 0.329 e. The van der Waals surface area contributed by atoms with Crippen LogP contribution in [0.4, 0.5) is 4.79 Å². The number of rotatable bonds is 3. The van der Waals surface area contributed by atoms with E-state index in [0.29, 0.717) is 18.7 Å². The Bertz CT molecular complexity index is 848. The van der Waals surface area contributed by atoms with Crippen molar-refractivity contribution < 1.29 is 9.59 Å². The molecule has 6 heteroatoms. The number of pyridine rings is 1. The summed E-state index contributed by atoms with van der Waals surface area (Å²) in [4.78, 5) is 32.8. The summed E-state index contributed by atoms with van der Waals surface area (Å²) in [6.07, 6.45) is 3.47. The van der Waals surface area contributed by atoms with Gasteiger partial charge in [-0.2, -0.15) is 0 Å². The van der Waals surface area contributed by atoms with Crippen LogP contribution in [0.3, 0.4) is 0 Å². The fourth-order valence-corrected chi connectivity index (χ4v) is 3.36. The SMILES string of the molecule is CN1C(=O)NC(c2ccccc2)C2=C1CN(Cc1cccnc1)C2=O. The van der Waals surface area contributed by atoms with Gasteiger partial charge in [-0.05, 0) is 17.2 Å². The quantitative estimate of drug-likeness (QED) is 0.934. The van der Waals surface area contributed by atoms with Gasteiger partial charge in [-0.25, -0.2) is 4.79 Å². The molecule has 0 spiro atoms. The highest BCUT2D eigenvalue weighted by molar-refractivity contribution is 6.01. The summed E-state index contributed by atoms with van der Waals surface area (Å²) in [6.45, 7) is 0.902. The third kappa shape index (κ3) is 2.65. The zero-order valence-electron chi connectivity index (χ0n) is 13.8. The maximum atomic E-state index is 13.0. The van der Waals surface area contributed by atoms with Crippen LogP contribution in [0.15, 0.2) is 66.1 Å². The number of aromatic nitrogens is 1. The number of likely N-dealkylation sites (N-methyl/N-ethyl adjacent to an activating group) is 1. The molecule has 25 heavy (non-hydrogen) atoms. The Morgan fingerprint density at radius 3 is 2.68 bits per heavy atom. The second kappa shape index (κ2) is 6.05. The second-order valence-electron chi connectivity index (χ2n) is 6.24. The van der Waals surface area contributed by atoms with Crippen molar-refractivity contribution in [3.05, 3.63) is 77.3 Å². The van der Waals surface area contributed by atoms with Crippen LogP contribution in [0.25, 0.3) is 0 Å². The lowest BCUT2D eigenvalue weighted by atomic mass is 9.96. The molecule has 0 bridgehead atoms. The molecule has 1 aromatic heterocycles. The van der Waals surface area contributed by atoms with Crippen molar-refractivity contribution in [2.45, 2.75) is 12.6 Å². The number of hydrogen-bond acceptors (Lipinski definition) is 3. The van der Waals surface area contributed by atoms with Crippen LogP contribution < -0.4 is 5.32 Å². The van der Waals surface area contributed by atoms with Crippen LogP contribution in [0.1, 0.15) is 17.2 Å². The van der Waals surface area contributed by atoms with Crippen LogP contribution in [0, 0.1) is 0 Å². The lowest BCUT2D eigenvalue weighted by molar-refractivity contribution is -0.126. The number of benzene rings is 1.